The second-order valence-corrected chi connectivity index (χ2v) is 4.67. The van der Waals surface area contributed by atoms with Gasteiger partial charge in [-0.05, 0) is 31.2 Å². The maximum Gasteiger partial charge on any atom is 0.275 e. The SMILES string of the molecule is CCONC(=O)c1cc(-c2ccncc2)nc2ccccc12. The predicted octanol–water partition coefficient (Wildman–Crippen LogP) is 2.98. The van der Waals surface area contributed by atoms with E-state index in [0.717, 1.165) is 22.2 Å². The van der Waals surface area contributed by atoms with Crippen molar-refractivity contribution in [3.05, 3.63) is 60.4 Å². The van der Waals surface area contributed by atoms with Crippen LogP contribution in [0.4, 0.5) is 0 Å². The minimum atomic E-state index is -0.282. The molecule has 0 aliphatic rings. The fourth-order valence-electron chi connectivity index (χ4n) is 2.23. The number of hydroxylamine groups is 1. The van der Waals surface area contributed by atoms with Gasteiger partial charge in [-0.15, -0.1) is 0 Å². The van der Waals surface area contributed by atoms with Crippen LogP contribution in [0.3, 0.4) is 0 Å². The fourth-order valence-corrected chi connectivity index (χ4v) is 2.23. The molecule has 0 aliphatic carbocycles. The number of amides is 1. The first-order valence-electron chi connectivity index (χ1n) is 7.02. The number of carbonyl (C=O) groups is 1. The van der Waals surface area contributed by atoms with E-state index in [4.69, 9.17) is 4.84 Å². The summed E-state index contributed by atoms with van der Waals surface area (Å²) in [6.07, 6.45) is 3.40. The van der Waals surface area contributed by atoms with Crippen LogP contribution < -0.4 is 5.48 Å². The van der Waals surface area contributed by atoms with Gasteiger partial charge in [0.15, 0.2) is 0 Å². The molecule has 0 atom stereocenters. The van der Waals surface area contributed by atoms with E-state index >= 15 is 0 Å². The molecule has 0 bridgehead atoms. The number of aromatic nitrogens is 2. The molecule has 0 radical (unpaired) electrons. The van der Waals surface area contributed by atoms with Crippen molar-refractivity contribution in [1.29, 1.82) is 0 Å². The lowest BCUT2D eigenvalue weighted by atomic mass is 10.0. The topological polar surface area (TPSA) is 64.1 Å². The first-order valence-corrected chi connectivity index (χ1v) is 7.02. The molecular formula is C17H15N3O2. The molecule has 22 heavy (non-hydrogen) atoms. The largest absolute Gasteiger partial charge is 0.275 e. The molecule has 0 spiro atoms. The van der Waals surface area contributed by atoms with Crippen LogP contribution in [0.1, 0.15) is 17.3 Å². The quantitative estimate of drug-likeness (QED) is 0.751. The lowest BCUT2D eigenvalue weighted by Crippen LogP contribution is -2.24. The van der Waals surface area contributed by atoms with Crippen LogP contribution in [0.15, 0.2) is 54.9 Å². The van der Waals surface area contributed by atoms with Gasteiger partial charge in [0.05, 0.1) is 23.4 Å². The van der Waals surface area contributed by atoms with Crippen LogP contribution in [0, 0.1) is 0 Å². The molecule has 0 saturated heterocycles. The van der Waals surface area contributed by atoms with Crippen molar-refractivity contribution in [2.24, 2.45) is 0 Å². The minimum absolute atomic E-state index is 0.282. The Morgan fingerprint density at radius 3 is 2.73 bits per heavy atom. The zero-order valence-corrected chi connectivity index (χ0v) is 12.1. The standard InChI is InChI=1S/C17H15N3O2/c1-2-22-20-17(21)14-11-16(12-7-9-18-10-8-12)19-15-6-4-3-5-13(14)15/h3-11H,2H2,1H3,(H,20,21). The second kappa shape index (κ2) is 6.32. The first-order chi connectivity index (χ1) is 10.8. The van der Waals surface area contributed by atoms with E-state index in [1.165, 1.54) is 0 Å². The maximum atomic E-state index is 12.3. The van der Waals surface area contributed by atoms with Crippen LogP contribution in [0.25, 0.3) is 22.2 Å². The van der Waals surface area contributed by atoms with Crippen molar-refractivity contribution in [3.63, 3.8) is 0 Å². The molecule has 3 aromatic rings. The van der Waals surface area contributed by atoms with E-state index in [0.29, 0.717) is 12.2 Å². The molecule has 3 rings (SSSR count). The number of hydrogen-bond acceptors (Lipinski definition) is 4. The van der Waals surface area contributed by atoms with Crippen LogP contribution in [0.5, 0.6) is 0 Å². The summed E-state index contributed by atoms with van der Waals surface area (Å²) in [4.78, 5) is 26.0. The normalized spacial score (nSPS) is 10.6. The van der Waals surface area contributed by atoms with Crippen molar-refractivity contribution in [3.8, 4) is 11.3 Å². The summed E-state index contributed by atoms with van der Waals surface area (Å²) < 4.78 is 0. The van der Waals surface area contributed by atoms with Crippen LogP contribution in [-0.2, 0) is 4.84 Å². The zero-order chi connectivity index (χ0) is 15.4. The molecule has 5 heteroatoms. The Labute approximate surface area is 127 Å². The van der Waals surface area contributed by atoms with Crippen LogP contribution >= 0.6 is 0 Å². The highest BCUT2D eigenvalue weighted by Crippen LogP contribution is 2.24. The number of nitrogens with zero attached hydrogens (tertiary/aromatic N) is 2. The van der Waals surface area contributed by atoms with Gasteiger partial charge in [-0.25, -0.2) is 10.5 Å². The van der Waals surface area contributed by atoms with Gasteiger partial charge in [0.2, 0.25) is 0 Å². The molecule has 1 amide bonds. The van der Waals surface area contributed by atoms with E-state index in [9.17, 15) is 4.79 Å². The van der Waals surface area contributed by atoms with Gasteiger partial charge < -0.3 is 0 Å². The lowest BCUT2D eigenvalue weighted by molar-refractivity contribution is 0.0366. The molecule has 5 nitrogen and oxygen atoms in total. The highest BCUT2D eigenvalue weighted by molar-refractivity contribution is 6.06. The predicted molar refractivity (Wildman–Crippen MR) is 84.1 cm³/mol. The molecule has 0 fully saturated rings. The summed E-state index contributed by atoms with van der Waals surface area (Å²) in [5.41, 5.74) is 5.37. The van der Waals surface area contributed by atoms with Gasteiger partial charge in [0, 0.05) is 23.3 Å². The molecular weight excluding hydrogens is 278 g/mol. The number of pyridine rings is 2. The Kier molecular flexibility index (Phi) is 4.07. The van der Waals surface area contributed by atoms with Gasteiger partial charge in [-0.2, -0.15) is 0 Å². The van der Waals surface area contributed by atoms with Crippen molar-refractivity contribution in [2.45, 2.75) is 6.92 Å². The molecule has 110 valence electrons. The Bertz CT molecular complexity index is 803. The maximum absolute atomic E-state index is 12.3. The van der Waals surface area contributed by atoms with E-state index in [2.05, 4.69) is 15.4 Å². The number of carbonyl (C=O) groups excluding carboxylic acids is 1. The van der Waals surface area contributed by atoms with Crippen molar-refractivity contribution >= 4 is 16.8 Å². The van der Waals surface area contributed by atoms with Gasteiger partial charge in [-0.1, -0.05) is 18.2 Å². The Balaban J connectivity index is 2.14. The molecule has 0 aliphatic heterocycles. The van der Waals surface area contributed by atoms with Gasteiger partial charge in [0.25, 0.3) is 5.91 Å². The third kappa shape index (κ3) is 2.80. The van der Waals surface area contributed by atoms with E-state index in [1.54, 1.807) is 18.5 Å². The zero-order valence-electron chi connectivity index (χ0n) is 12.1. The summed E-state index contributed by atoms with van der Waals surface area (Å²) in [6, 6.07) is 13.0. The number of rotatable bonds is 4. The molecule has 2 aromatic heterocycles. The van der Waals surface area contributed by atoms with Crippen molar-refractivity contribution in [2.75, 3.05) is 6.61 Å². The highest BCUT2D eigenvalue weighted by Gasteiger charge is 2.13. The van der Waals surface area contributed by atoms with Crippen LogP contribution in [0.2, 0.25) is 0 Å². The molecule has 1 N–H and O–H groups in total. The molecule has 0 unspecified atom stereocenters. The van der Waals surface area contributed by atoms with Gasteiger partial charge >= 0.3 is 0 Å². The Hall–Kier alpha value is -2.79. The van der Waals surface area contributed by atoms with Gasteiger partial charge in [-0.3, -0.25) is 14.6 Å². The molecule has 0 saturated carbocycles. The average Bonchev–Trinajstić information content (AvgIpc) is 2.59. The van der Waals surface area contributed by atoms with E-state index < -0.39 is 0 Å². The lowest BCUT2D eigenvalue weighted by Gasteiger charge is -2.10. The third-order valence-electron chi connectivity index (χ3n) is 3.25. The number of nitrogens with one attached hydrogen (secondary N) is 1. The molecule has 2 heterocycles. The summed E-state index contributed by atoms with van der Waals surface area (Å²) >= 11 is 0. The van der Waals surface area contributed by atoms with Crippen molar-refractivity contribution in [1.82, 2.24) is 15.4 Å². The van der Waals surface area contributed by atoms with Crippen LogP contribution in [-0.4, -0.2) is 22.5 Å². The monoisotopic (exact) mass is 293 g/mol. The minimum Gasteiger partial charge on any atom is -0.274 e. The number of para-hydroxylation sites is 1. The second-order valence-electron chi connectivity index (χ2n) is 4.67. The average molecular weight is 293 g/mol. The molecule has 1 aromatic carbocycles. The number of fused-ring (bicyclic) bond motifs is 1. The summed E-state index contributed by atoms with van der Waals surface area (Å²) in [5.74, 6) is -0.282. The first kappa shape index (κ1) is 14.2. The number of benzene rings is 1. The Morgan fingerprint density at radius 1 is 1.18 bits per heavy atom. The van der Waals surface area contributed by atoms with E-state index in [-0.39, 0.29) is 5.91 Å². The van der Waals surface area contributed by atoms with E-state index in [1.807, 2.05) is 43.3 Å². The van der Waals surface area contributed by atoms with Gasteiger partial charge in [0.1, 0.15) is 0 Å². The summed E-state index contributed by atoms with van der Waals surface area (Å²) in [6.45, 7) is 2.22. The summed E-state index contributed by atoms with van der Waals surface area (Å²) in [7, 11) is 0. The highest BCUT2D eigenvalue weighted by atomic mass is 16.6. The Morgan fingerprint density at radius 2 is 1.95 bits per heavy atom. The summed E-state index contributed by atoms with van der Waals surface area (Å²) in [5, 5.41) is 0.789. The number of hydrogen-bond donors (Lipinski definition) is 1. The van der Waals surface area contributed by atoms with Crippen molar-refractivity contribution < 1.29 is 9.63 Å². The fraction of sp³-hybridized carbons (Fsp3) is 0.118. The third-order valence-corrected chi connectivity index (χ3v) is 3.25. The smallest absolute Gasteiger partial charge is 0.274 e.